The van der Waals surface area contributed by atoms with Gasteiger partial charge in [0.25, 0.3) is 0 Å². The van der Waals surface area contributed by atoms with E-state index in [0.717, 1.165) is 44.2 Å². The van der Waals surface area contributed by atoms with Crippen molar-refractivity contribution in [2.45, 2.75) is 101 Å². The number of alkyl halides is 1. The minimum absolute atomic E-state index is 0.112. The summed E-state index contributed by atoms with van der Waals surface area (Å²) in [7, 11) is 2.22. The number of halogens is 1. The lowest BCUT2D eigenvalue weighted by atomic mass is 9.66. The lowest BCUT2D eigenvalue weighted by Crippen LogP contribution is -2.52. The number of rotatable bonds is 5. The Labute approximate surface area is 175 Å². The van der Waals surface area contributed by atoms with Crippen molar-refractivity contribution in [3.63, 3.8) is 0 Å². The number of nitrogens with zero attached hydrogens (tertiary/aromatic N) is 2. The summed E-state index contributed by atoms with van der Waals surface area (Å²) >= 11 is 6.37. The summed E-state index contributed by atoms with van der Waals surface area (Å²) in [5.41, 5.74) is 0.760. The molecule has 4 nitrogen and oxygen atoms in total. The SMILES string of the molecule is CN1C2CC[C@@H]1C[C@H](C1CCC(Cl)CC1)[C@@H]2C(=O)C/C(=N/O)C1CCCCC1. The number of hydrogen-bond acceptors (Lipinski definition) is 4. The lowest BCUT2D eigenvalue weighted by molar-refractivity contribution is -0.129. The monoisotopic (exact) mass is 408 g/mol. The lowest BCUT2D eigenvalue weighted by Gasteiger charge is -2.46. The highest BCUT2D eigenvalue weighted by atomic mass is 35.5. The van der Waals surface area contributed by atoms with Crippen molar-refractivity contribution in [2.24, 2.45) is 28.8 Å². The van der Waals surface area contributed by atoms with E-state index in [-0.39, 0.29) is 5.92 Å². The van der Waals surface area contributed by atoms with Crippen LogP contribution in [0.2, 0.25) is 0 Å². The molecule has 4 fully saturated rings. The predicted octanol–water partition coefficient (Wildman–Crippen LogP) is 5.25. The molecule has 4 rings (SSSR count). The summed E-state index contributed by atoms with van der Waals surface area (Å²) < 4.78 is 0. The largest absolute Gasteiger partial charge is 0.411 e. The second kappa shape index (κ2) is 9.04. The number of Topliss-reactive ketones (excluding diaryl/α,β-unsaturated/α-hetero) is 1. The van der Waals surface area contributed by atoms with Crippen LogP contribution in [0.25, 0.3) is 0 Å². The number of carbonyl (C=O) groups is 1. The van der Waals surface area contributed by atoms with E-state index in [2.05, 4.69) is 17.1 Å². The number of oxime groups is 1. The van der Waals surface area contributed by atoms with Crippen molar-refractivity contribution < 1.29 is 10.0 Å². The van der Waals surface area contributed by atoms with Gasteiger partial charge in [0.1, 0.15) is 5.78 Å². The molecule has 2 bridgehead atoms. The highest BCUT2D eigenvalue weighted by Crippen LogP contribution is 2.48. The maximum Gasteiger partial charge on any atom is 0.143 e. The van der Waals surface area contributed by atoms with E-state index in [1.54, 1.807) is 0 Å². The number of carbonyl (C=O) groups excluding carboxylic acids is 1. The maximum atomic E-state index is 13.6. The third-order valence-electron chi connectivity index (χ3n) is 8.55. The quantitative estimate of drug-likeness (QED) is 0.292. The molecule has 28 heavy (non-hydrogen) atoms. The van der Waals surface area contributed by atoms with Gasteiger partial charge in [-0.3, -0.25) is 9.69 Å². The molecule has 2 aliphatic carbocycles. The molecule has 158 valence electrons. The first-order valence-electron chi connectivity index (χ1n) is 11.7. The van der Waals surface area contributed by atoms with Gasteiger partial charge >= 0.3 is 0 Å². The van der Waals surface area contributed by atoms with Crippen LogP contribution >= 0.6 is 11.6 Å². The van der Waals surface area contributed by atoms with Gasteiger partial charge in [0, 0.05) is 35.7 Å². The number of fused-ring (bicyclic) bond motifs is 2. The van der Waals surface area contributed by atoms with Gasteiger partial charge < -0.3 is 5.21 Å². The summed E-state index contributed by atoms with van der Waals surface area (Å²) in [5, 5.41) is 13.6. The second-order valence-electron chi connectivity index (χ2n) is 9.97. The van der Waals surface area contributed by atoms with E-state index in [0.29, 0.717) is 47.4 Å². The van der Waals surface area contributed by atoms with Gasteiger partial charge in [0.05, 0.1) is 5.71 Å². The molecule has 4 atom stereocenters. The number of hydrogen-bond donors (Lipinski definition) is 1. The Morgan fingerprint density at radius 1 is 1.04 bits per heavy atom. The van der Waals surface area contributed by atoms with Crippen LogP contribution in [0.1, 0.15) is 83.5 Å². The summed E-state index contributed by atoms with van der Waals surface area (Å²) in [6.45, 7) is 0. The zero-order chi connectivity index (χ0) is 19.7. The molecule has 0 radical (unpaired) electrons. The van der Waals surface area contributed by atoms with E-state index >= 15 is 0 Å². The van der Waals surface area contributed by atoms with Crippen molar-refractivity contribution in [1.29, 1.82) is 0 Å². The van der Waals surface area contributed by atoms with Crippen LogP contribution in [0.5, 0.6) is 0 Å². The summed E-state index contributed by atoms with van der Waals surface area (Å²) in [4.78, 5) is 16.1. The Kier molecular flexibility index (Phi) is 6.67. The van der Waals surface area contributed by atoms with Crippen molar-refractivity contribution in [3.05, 3.63) is 0 Å². The molecule has 4 aliphatic rings. The molecule has 2 saturated heterocycles. The van der Waals surface area contributed by atoms with Gasteiger partial charge in [0.2, 0.25) is 0 Å². The Balaban J connectivity index is 1.50. The smallest absolute Gasteiger partial charge is 0.143 e. The first kappa shape index (κ1) is 20.7. The van der Waals surface area contributed by atoms with Crippen LogP contribution in [0, 0.1) is 23.7 Å². The Morgan fingerprint density at radius 3 is 2.43 bits per heavy atom. The van der Waals surface area contributed by atoms with Gasteiger partial charge in [-0.15, -0.1) is 11.6 Å². The zero-order valence-corrected chi connectivity index (χ0v) is 18.1. The van der Waals surface area contributed by atoms with Crippen LogP contribution in [0.3, 0.4) is 0 Å². The molecule has 0 aromatic heterocycles. The van der Waals surface area contributed by atoms with E-state index in [1.807, 2.05) is 0 Å². The number of piperidine rings is 1. The summed E-state index contributed by atoms with van der Waals surface area (Å²) in [5.74, 6) is 1.90. The third kappa shape index (κ3) is 4.14. The Bertz CT molecular complexity index is 581. The van der Waals surface area contributed by atoms with Crippen LogP contribution in [-0.2, 0) is 4.79 Å². The van der Waals surface area contributed by atoms with Gasteiger partial charge in [-0.05, 0) is 76.7 Å². The average Bonchev–Trinajstić information content (AvgIpc) is 2.95. The zero-order valence-electron chi connectivity index (χ0n) is 17.4. The molecule has 0 amide bonds. The fourth-order valence-electron chi connectivity index (χ4n) is 6.94. The normalized spacial score (nSPS) is 40.6. The first-order valence-corrected chi connectivity index (χ1v) is 12.1. The fourth-order valence-corrected chi connectivity index (χ4v) is 7.20. The molecule has 2 heterocycles. The van der Waals surface area contributed by atoms with Crippen molar-refractivity contribution in [1.82, 2.24) is 4.90 Å². The average molecular weight is 409 g/mol. The molecular weight excluding hydrogens is 372 g/mol. The van der Waals surface area contributed by atoms with Crippen LogP contribution in [-0.4, -0.2) is 46.1 Å². The summed E-state index contributed by atoms with van der Waals surface area (Å²) in [6.07, 6.45) is 14.3. The van der Waals surface area contributed by atoms with Crippen molar-refractivity contribution >= 4 is 23.1 Å². The molecule has 1 unspecified atom stereocenters. The van der Waals surface area contributed by atoms with Crippen LogP contribution in [0.4, 0.5) is 0 Å². The van der Waals surface area contributed by atoms with Gasteiger partial charge in [-0.25, -0.2) is 0 Å². The van der Waals surface area contributed by atoms with Crippen LogP contribution < -0.4 is 0 Å². The van der Waals surface area contributed by atoms with Gasteiger partial charge in [-0.1, -0.05) is 24.4 Å². The van der Waals surface area contributed by atoms with Crippen molar-refractivity contribution in [3.8, 4) is 0 Å². The molecule has 2 saturated carbocycles. The highest BCUT2D eigenvalue weighted by molar-refractivity contribution is 6.20. The molecule has 0 aromatic carbocycles. The van der Waals surface area contributed by atoms with E-state index in [4.69, 9.17) is 11.6 Å². The molecule has 0 spiro atoms. The first-order chi connectivity index (χ1) is 13.6. The minimum atomic E-state index is 0.112. The third-order valence-corrected chi connectivity index (χ3v) is 8.99. The van der Waals surface area contributed by atoms with E-state index in [9.17, 15) is 10.0 Å². The number of ketones is 1. The van der Waals surface area contributed by atoms with Gasteiger partial charge in [-0.2, -0.15) is 0 Å². The predicted molar refractivity (Wildman–Crippen MR) is 113 cm³/mol. The standard InChI is InChI=1S/C23H37ClN2O2/c1-26-18-11-12-21(26)23(19(13-18)15-7-9-17(24)10-8-15)22(27)14-20(25-28)16-5-3-2-4-6-16/h15-19,21,23,28H,2-14H2,1H3/b25-20-/t15?,17?,18-,19-,21?,23+/m1/s1. The Morgan fingerprint density at radius 2 is 1.75 bits per heavy atom. The second-order valence-corrected chi connectivity index (χ2v) is 10.6. The summed E-state index contributed by atoms with van der Waals surface area (Å²) in [6, 6.07) is 1.04. The van der Waals surface area contributed by atoms with E-state index in [1.165, 1.54) is 38.5 Å². The van der Waals surface area contributed by atoms with E-state index < -0.39 is 0 Å². The molecule has 1 N–H and O–H groups in total. The molecular formula is C23H37ClN2O2. The topological polar surface area (TPSA) is 52.9 Å². The fraction of sp³-hybridized carbons (Fsp3) is 0.913. The molecule has 0 aromatic rings. The highest BCUT2D eigenvalue weighted by Gasteiger charge is 2.50. The Hall–Kier alpha value is -0.610. The van der Waals surface area contributed by atoms with Crippen LogP contribution in [0.15, 0.2) is 5.16 Å². The van der Waals surface area contributed by atoms with Crippen molar-refractivity contribution in [2.75, 3.05) is 7.05 Å². The maximum absolute atomic E-state index is 13.6. The molecule has 2 aliphatic heterocycles. The minimum Gasteiger partial charge on any atom is -0.411 e. The molecule has 5 heteroatoms. The van der Waals surface area contributed by atoms with Gasteiger partial charge in [0.15, 0.2) is 0 Å².